The summed E-state index contributed by atoms with van der Waals surface area (Å²) in [4.78, 5) is 0. The van der Waals surface area contributed by atoms with Crippen molar-refractivity contribution in [2.45, 2.75) is 13.1 Å². The van der Waals surface area contributed by atoms with Gasteiger partial charge in [0.05, 0.1) is 39.6 Å². The molecule has 0 saturated heterocycles. The van der Waals surface area contributed by atoms with Crippen LogP contribution >= 0.6 is 0 Å². The molecule has 104 valence electrons. The minimum Gasteiger partial charge on any atom is -0.414 e. The molecule has 1 N–H and O–H groups in total. The SMILES string of the molecule is CNC[Si](C)(C)OCCOCCOCCOC. The topological polar surface area (TPSA) is 49.0 Å². The number of methoxy groups -OCH3 is 1. The molecule has 17 heavy (non-hydrogen) atoms. The van der Waals surface area contributed by atoms with Crippen LogP contribution < -0.4 is 5.32 Å². The lowest BCUT2D eigenvalue weighted by molar-refractivity contribution is 0.0173. The maximum Gasteiger partial charge on any atom is 0.200 e. The Labute approximate surface area is 106 Å². The summed E-state index contributed by atoms with van der Waals surface area (Å²) in [6, 6.07) is 0. The van der Waals surface area contributed by atoms with Gasteiger partial charge in [0.1, 0.15) is 0 Å². The average molecular weight is 265 g/mol. The van der Waals surface area contributed by atoms with Gasteiger partial charge in [0.2, 0.25) is 0 Å². The molecule has 0 rings (SSSR count). The molecule has 0 spiro atoms. The molecule has 0 aliphatic carbocycles. The molecule has 6 heteroatoms. The standard InChI is InChI=1S/C11H27NO4Si/c1-12-11-17(3,4)16-10-9-15-8-7-14-6-5-13-2/h12H,5-11H2,1-4H3. The maximum atomic E-state index is 5.81. The third kappa shape index (κ3) is 12.3. The fourth-order valence-electron chi connectivity index (χ4n) is 1.32. The van der Waals surface area contributed by atoms with Crippen LogP contribution in [0.2, 0.25) is 13.1 Å². The number of hydrogen-bond donors (Lipinski definition) is 1. The van der Waals surface area contributed by atoms with E-state index >= 15 is 0 Å². The molecule has 0 bridgehead atoms. The molecule has 0 aliphatic rings. The first-order chi connectivity index (χ1) is 8.12. The highest BCUT2D eigenvalue weighted by Gasteiger charge is 2.20. The Hall–Kier alpha value is 0.0169. The van der Waals surface area contributed by atoms with Gasteiger partial charge < -0.3 is 24.0 Å². The Morgan fingerprint density at radius 2 is 1.41 bits per heavy atom. The van der Waals surface area contributed by atoms with Crippen molar-refractivity contribution in [2.75, 3.05) is 60.0 Å². The van der Waals surface area contributed by atoms with E-state index < -0.39 is 8.32 Å². The molecule has 0 aliphatic heterocycles. The Balaban J connectivity index is 3.18. The van der Waals surface area contributed by atoms with Crippen LogP contribution in [0.3, 0.4) is 0 Å². The van der Waals surface area contributed by atoms with Gasteiger partial charge in [0, 0.05) is 13.3 Å². The second kappa shape index (κ2) is 11.1. The summed E-state index contributed by atoms with van der Waals surface area (Å²) in [5, 5.41) is 3.15. The van der Waals surface area contributed by atoms with Gasteiger partial charge in [-0.1, -0.05) is 0 Å². The highest BCUT2D eigenvalue weighted by Crippen LogP contribution is 2.01. The first-order valence-corrected chi connectivity index (χ1v) is 9.17. The van der Waals surface area contributed by atoms with E-state index in [1.807, 2.05) is 7.05 Å². The maximum absolute atomic E-state index is 5.81. The van der Waals surface area contributed by atoms with E-state index in [0.717, 1.165) is 6.17 Å². The van der Waals surface area contributed by atoms with Gasteiger partial charge in [0.15, 0.2) is 8.32 Å². The number of nitrogens with one attached hydrogen (secondary N) is 1. The zero-order valence-corrected chi connectivity index (χ0v) is 12.6. The summed E-state index contributed by atoms with van der Waals surface area (Å²) in [6.07, 6.45) is 0.965. The van der Waals surface area contributed by atoms with Crippen LogP contribution in [0.15, 0.2) is 0 Å². The Bertz CT molecular complexity index is 170. The van der Waals surface area contributed by atoms with Crippen molar-refractivity contribution in [3.8, 4) is 0 Å². The van der Waals surface area contributed by atoms with Crippen LogP contribution in [-0.4, -0.2) is 68.3 Å². The fourth-order valence-corrected chi connectivity index (χ4v) is 2.91. The second-order valence-electron chi connectivity index (χ2n) is 4.36. The molecular weight excluding hydrogens is 238 g/mol. The first kappa shape index (κ1) is 17.0. The normalized spacial score (nSPS) is 12.0. The largest absolute Gasteiger partial charge is 0.414 e. The van der Waals surface area contributed by atoms with Crippen molar-refractivity contribution < 1.29 is 18.6 Å². The molecule has 0 fully saturated rings. The third-order valence-corrected chi connectivity index (χ3v) is 4.32. The molecule has 0 radical (unpaired) electrons. The fraction of sp³-hybridized carbons (Fsp3) is 1.00. The van der Waals surface area contributed by atoms with Crippen LogP contribution in [0.5, 0.6) is 0 Å². The van der Waals surface area contributed by atoms with Crippen LogP contribution in [0.25, 0.3) is 0 Å². The van der Waals surface area contributed by atoms with E-state index in [1.165, 1.54) is 0 Å². The van der Waals surface area contributed by atoms with Crippen LogP contribution in [0.4, 0.5) is 0 Å². The quantitative estimate of drug-likeness (QED) is 0.415. The lowest BCUT2D eigenvalue weighted by Crippen LogP contribution is -2.42. The predicted molar refractivity (Wildman–Crippen MR) is 70.9 cm³/mol. The van der Waals surface area contributed by atoms with Gasteiger partial charge in [-0.05, 0) is 20.1 Å². The molecule has 0 aromatic heterocycles. The predicted octanol–water partition coefficient (Wildman–Crippen LogP) is 0.646. The molecule has 0 aromatic rings. The van der Waals surface area contributed by atoms with Crippen molar-refractivity contribution >= 4 is 8.32 Å². The summed E-state index contributed by atoms with van der Waals surface area (Å²) in [7, 11) is 2.08. The van der Waals surface area contributed by atoms with Gasteiger partial charge >= 0.3 is 0 Å². The van der Waals surface area contributed by atoms with Crippen molar-refractivity contribution in [1.82, 2.24) is 5.32 Å². The van der Waals surface area contributed by atoms with Gasteiger partial charge in [-0.3, -0.25) is 0 Å². The molecule has 0 atom stereocenters. The smallest absolute Gasteiger partial charge is 0.200 e. The number of hydrogen-bond acceptors (Lipinski definition) is 5. The Morgan fingerprint density at radius 3 is 1.94 bits per heavy atom. The van der Waals surface area contributed by atoms with E-state index in [0.29, 0.717) is 39.6 Å². The first-order valence-electron chi connectivity index (χ1n) is 6.05. The minimum atomic E-state index is -1.53. The lowest BCUT2D eigenvalue weighted by Gasteiger charge is -2.22. The molecule has 5 nitrogen and oxygen atoms in total. The molecule has 0 unspecified atom stereocenters. The van der Waals surface area contributed by atoms with E-state index in [-0.39, 0.29) is 0 Å². The second-order valence-corrected chi connectivity index (χ2v) is 8.52. The monoisotopic (exact) mass is 265 g/mol. The minimum absolute atomic E-state index is 0.612. The molecular formula is C11H27NO4Si. The van der Waals surface area contributed by atoms with E-state index in [4.69, 9.17) is 18.6 Å². The van der Waals surface area contributed by atoms with Gasteiger partial charge in [-0.25, -0.2) is 0 Å². The summed E-state index contributed by atoms with van der Waals surface area (Å²) >= 11 is 0. The Morgan fingerprint density at radius 1 is 0.882 bits per heavy atom. The van der Waals surface area contributed by atoms with E-state index in [1.54, 1.807) is 7.11 Å². The molecule has 0 amide bonds. The summed E-state index contributed by atoms with van der Waals surface area (Å²) < 4.78 is 21.3. The van der Waals surface area contributed by atoms with Crippen molar-refractivity contribution in [2.24, 2.45) is 0 Å². The Kier molecular flexibility index (Phi) is 11.1. The number of rotatable bonds is 12. The zero-order valence-electron chi connectivity index (χ0n) is 11.6. The van der Waals surface area contributed by atoms with E-state index in [2.05, 4.69) is 18.4 Å². The highest BCUT2D eigenvalue weighted by atomic mass is 28.4. The van der Waals surface area contributed by atoms with Crippen molar-refractivity contribution in [3.05, 3.63) is 0 Å². The summed E-state index contributed by atoms with van der Waals surface area (Å²) in [5.41, 5.74) is 0. The van der Waals surface area contributed by atoms with Crippen LogP contribution in [0.1, 0.15) is 0 Å². The van der Waals surface area contributed by atoms with Gasteiger partial charge in [-0.15, -0.1) is 0 Å². The molecule has 0 heterocycles. The van der Waals surface area contributed by atoms with Gasteiger partial charge in [0.25, 0.3) is 0 Å². The third-order valence-electron chi connectivity index (χ3n) is 2.13. The summed E-state index contributed by atoms with van der Waals surface area (Å²) in [6.45, 7) is 8.16. The molecule has 0 aromatic carbocycles. The van der Waals surface area contributed by atoms with Crippen LogP contribution in [0, 0.1) is 0 Å². The van der Waals surface area contributed by atoms with Crippen LogP contribution in [-0.2, 0) is 18.6 Å². The van der Waals surface area contributed by atoms with Crippen molar-refractivity contribution in [3.63, 3.8) is 0 Å². The highest BCUT2D eigenvalue weighted by molar-refractivity contribution is 6.71. The average Bonchev–Trinajstić information content (AvgIpc) is 2.27. The molecule has 0 saturated carbocycles. The number of ether oxygens (including phenoxy) is 3. The van der Waals surface area contributed by atoms with Gasteiger partial charge in [-0.2, -0.15) is 0 Å². The van der Waals surface area contributed by atoms with E-state index in [9.17, 15) is 0 Å². The zero-order chi connectivity index (χ0) is 13.0. The lowest BCUT2D eigenvalue weighted by atomic mass is 10.7. The summed E-state index contributed by atoms with van der Waals surface area (Å²) in [5.74, 6) is 0. The van der Waals surface area contributed by atoms with Crippen molar-refractivity contribution in [1.29, 1.82) is 0 Å².